The topological polar surface area (TPSA) is 38.0 Å². The van der Waals surface area contributed by atoms with Crippen molar-refractivity contribution in [2.45, 2.75) is 39.3 Å². The zero-order chi connectivity index (χ0) is 13.2. The minimum atomic E-state index is 0.618. The summed E-state index contributed by atoms with van der Waals surface area (Å²) in [5, 5.41) is 3.50. The van der Waals surface area contributed by atoms with Crippen LogP contribution in [0.3, 0.4) is 0 Å². The maximum Gasteiger partial charge on any atom is 0.0205 e. The number of hydrogen-bond acceptors (Lipinski definition) is 2. The summed E-state index contributed by atoms with van der Waals surface area (Å²) in [4.78, 5) is 0. The number of nitrogens with two attached hydrogens (primary N) is 1. The number of hydrogen-bond donors (Lipinski definition) is 2. The highest BCUT2D eigenvalue weighted by Crippen LogP contribution is 2.12. The zero-order valence-corrected chi connectivity index (χ0v) is 11.5. The van der Waals surface area contributed by atoms with E-state index >= 15 is 0 Å². The molecule has 1 rings (SSSR count). The molecule has 0 fully saturated rings. The number of allylic oxidation sites excluding steroid dienone is 1. The van der Waals surface area contributed by atoms with E-state index in [4.69, 9.17) is 5.73 Å². The second-order valence-electron chi connectivity index (χ2n) is 4.78. The van der Waals surface area contributed by atoms with Crippen molar-refractivity contribution in [1.29, 1.82) is 0 Å². The smallest absolute Gasteiger partial charge is 0.0205 e. The fourth-order valence-corrected chi connectivity index (χ4v) is 2.06. The lowest BCUT2D eigenvalue weighted by Crippen LogP contribution is -2.17. The third-order valence-electron chi connectivity index (χ3n) is 3.39. The van der Waals surface area contributed by atoms with Gasteiger partial charge in [-0.15, -0.1) is 6.58 Å². The molecule has 0 radical (unpaired) electrons. The third-order valence-corrected chi connectivity index (χ3v) is 3.39. The summed E-state index contributed by atoms with van der Waals surface area (Å²) in [6.07, 6.45) is 5.62. The van der Waals surface area contributed by atoms with Gasteiger partial charge in [0.2, 0.25) is 0 Å². The quantitative estimate of drug-likeness (QED) is 0.518. The van der Waals surface area contributed by atoms with Crippen molar-refractivity contribution in [2.24, 2.45) is 11.7 Å². The highest BCUT2D eigenvalue weighted by atomic mass is 14.8. The average Bonchev–Trinajstić information content (AvgIpc) is 2.43. The molecule has 0 saturated carbocycles. The van der Waals surface area contributed by atoms with Gasteiger partial charge in [0, 0.05) is 13.1 Å². The normalized spacial score (nSPS) is 12.3. The van der Waals surface area contributed by atoms with E-state index < -0.39 is 0 Å². The van der Waals surface area contributed by atoms with Crippen LogP contribution in [0.1, 0.15) is 37.3 Å². The van der Waals surface area contributed by atoms with Crippen LogP contribution in [0.2, 0.25) is 0 Å². The molecular weight excluding hydrogens is 220 g/mol. The van der Waals surface area contributed by atoms with Crippen LogP contribution in [-0.4, -0.2) is 6.54 Å². The Bertz CT molecular complexity index is 329. The van der Waals surface area contributed by atoms with Gasteiger partial charge in [0.25, 0.3) is 0 Å². The van der Waals surface area contributed by atoms with Crippen LogP contribution in [0.25, 0.3) is 0 Å². The Labute approximate surface area is 111 Å². The third kappa shape index (κ3) is 5.48. The van der Waals surface area contributed by atoms with Gasteiger partial charge in [0.05, 0.1) is 0 Å². The van der Waals surface area contributed by atoms with Gasteiger partial charge in [-0.05, 0) is 36.4 Å². The summed E-state index contributed by atoms with van der Waals surface area (Å²) >= 11 is 0. The van der Waals surface area contributed by atoms with Gasteiger partial charge in [0.1, 0.15) is 0 Å². The number of nitrogens with one attached hydrogen (secondary N) is 1. The lowest BCUT2D eigenvalue weighted by Gasteiger charge is -2.13. The Kier molecular flexibility index (Phi) is 7.38. The first-order chi connectivity index (χ1) is 8.80. The van der Waals surface area contributed by atoms with Crippen LogP contribution in [-0.2, 0) is 13.1 Å². The molecule has 0 aliphatic heterocycles. The maximum absolute atomic E-state index is 5.57. The first kappa shape index (κ1) is 14.9. The highest BCUT2D eigenvalue weighted by molar-refractivity contribution is 5.22. The van der Waals surface area contributed by atoms with E-state index in [1.807, 2.05) is 6.08 Å². The molecule has 0 bridgehead atoms. The van der Waals surface area contributed by atoms with Gasteiger partial charge in [-0.25, -0.2) is 0 Å². The molecule has 3 N–H and O–H groups in total. The molecule has 1 atom stereocenters. The summed E-state index contributed by atoms with van der Waals surface area (Å²) in [6, 6.07) is 8.50. The summed E-state index contributed by atoms with van der Waals surface area (Å²) in [6.45, 7) is 8.69. The molecule has 0 amide bonds. The molecule has 1 aromatic carbocycles. The van der Waals surface area contributed by atoms with Crippen LogP contribution in [0.5, 0.6) is 0 Å². The predicted octanol–water partition coefficient (Wildman–Crippen LogP) is 3.23. The Morgan fingerprint density at radius 3 is 2.50 bits per heavy atom. The second kappa shape index (κ2) is 8.90. The van der Waals surface area contributed by atoms with E-state index in [9.17, 15) is 0 Å². The van der Waals surface area contributed by atoms with Crippen molar-refractivity contribution in [3.63, 3.8) is 0 Å². The van der Waals surface area contributed by atoms with Gasteiger partial charge >= 0.3 is 0 Å². The van der Waals surface area contributed by atoms with E-state index in [0.717, 1.165) is 25.4 Å². The van der Waals surface area contributed by atoms with Gasteiger partial charge in [0.15, 0.2) is 0 Å². The minimum absolute atomic E-state index is 0.618. The van der Waals surface area contributed by atoms with Gasteiger partial charge < -0.3 is 11.1 Å². The summed E-state index contributed by atoms with van der Waals surface area (Å²) in [5.74, 6) is 0.773. The number of benzene rings is 1. The Balaban J connectivity index is 2.22. The predicted molar refractivity (Wildman–Crippen MR) is 79.3 cm³/mol. The standard InChI is InChI=1S/C16H26N2/c1-3-5-14(4-2)10-11-18-13-16-8-6-15(12-17)7-9-16/h3,6-9,14,18H,1,4-5,10-13,17H2,2H3. The molecule has 0 heterocycles. The van der Waals surface area contributed by atoms with E-state index in [0.29, 0.717) is 6.54 Å². The van der Waals surface area contributed by atoms with E-state index in [1.54, 1.807) is 0 Å². The molecule has 0 aromatic heterocycles. The van der Waals surface area contributed by atoms with Crippen molar-refractivity contribution in [2.75, 3.05) is 6.54 Å². The molecule has 100 valence electrons. The van der Waals surface area contributed by atoms with Gasteiger partial charge in [-0.3, -0.25) is 0 Å². The van der Waals surface area contributed by atoms with Crippen molar-refractivity contribution >= 4 is 0 Å². The summed E-state index contributed by atoms with van der Waals surface area (Å²) in [7, 11) is 0. The fraction of sp³-hybridized carbons (Fsp3) is 0.500. The Morgan fingerprint density at radius 2 is 1.94 bits per heavy atom. The summed E-state index contributed by atoms with van der Waals surface area (Å²) in [5.41, 5.74) is 8.09. The van der Waals surface area contributed by atoms with Crippen LogP contribution in [0.4, 0.5) is 0 Å². The molecule has 2 heteroatoms. The van der Waals surface area contributed by atoms with Crippen molar-refractivity contribution in [1.82, 2.24) is 5.32 Å². The Morgan fingerprint density at radius 1 is 1.28 bits per heavy atom. The minimum Gasteiger partial charge on any atom is -0.326 e. The molecule has 0 aliphatic carbocycles. The van der Waals surface area contributed by atoms with Crippen molar-refractivity contribution in [3.05, 3.63) is 48.0 Å². The van der Waals surface area contributed by atoms with E-state index in [2.05, 4.69) is 43.1 Å². The lowest BCUT2D eigenvalue weighted by molar-refractivity contribution is 0.456. The molecule has 1 aromatic rings. The van der Waals surface area contributed by atoms with E-state index in [1.165, 1.54) is 24.0 Å². The zero-order valence-electron chi connectivity index (χ0n) is 11.5. The fourth-order valence-electron chi connectivity index (χ4n) is 2.06. The second-order valence-corrected chi connectivity index (χ2v) is 4.78. The summed E-state index contributed by atoms with van der Waals surface area (Å²) < 4.78 is 0. The molecular formula is C16H26N2. The molecule has 0 spiro atoms. The largest absolute Gasteiger partial charge is 0.326 e. The maximum atomic E-state index is 5.57. The number of rotatable bonds is 9. The van der Waals surface area contributed by atoms with Crippen LogP contribution < -0.4 is 11.1 Å². The molecule has 0 aliphatic rings. The lowest BCUT2D eigenvalue weighted by atomic mass is 9.98. The molecule has 1 unspecified atom stereocenters. The highest BCUT2D eigenvalue weighted by Gasteiger charge is 2.03. The monoisotopic (exact) mass is 246 g/mol. The van der Waals surface area contributed by atoms with Crippen molar-refractivity contribution in [3.8, 4) is 0 Å². The molecule has 18 heavy (non-hydrogen) atoms. The van der Waals surface area contributed by atoms with Gasteiger partial charge in [-0.2, -0.15) is 0 Å². The van der Waals surface area contributed by atoms with Crippen molar-refractivity contribution < 1.29 is 0 Å². The van der Waals surface area contributed by atoms with Crippen LogP contribution in [0.15, 0.2) is 36.9 Å². The molecule has 2 nitrogen and oxygen atoms in total. The molecule has 0 saturated heterocycles. The van der Waals surface area contributed by atoms with E-state index in [-0.39, 0.29) is 0 Å². The van der Waals surface area contributed by atoms with Gasteiger partial charge in [-0.1, -0.05) is 43.7 Å². The van der Waals surface area contributed by atoms with Crippen LogP contribution >= 0.6 is 0 Å². The SMILES string of the molecule is C=CCC(CC)CCNCc1ccc(CN)cc1. The van der Waals surface area contributed by atoms with Crippen LogP contribution in [0, 0.1) is 5.92 Å². The first-order valence-electron chi connectivity index (χ1n) is 6.89. The average molecular weight is 246 g/mol. The first-order valence-corrected chi connectivity index (χ1v) is 6.89. The Hall–Kier alpha value is -1.12.